The van der Waals surface area contributed by atoms with E-state index in [0.717, 1.165) is 0 Å². The largest absolute Gasteiger partial charge is 0.288 e. The Labute approximate surface area is 102 Å². The number of carbonyl (C=O) groups is 2. The fourth-order valence-corrected chi connectivity index (χ4v) is 1.89. The highest BCUT2D eigenvalue weighted by atomic mass is 19.3. The Hall–Kier alpha value is -2.26. The van der Waals surface area contributed by atoms with Crippen LogP contribution in [0.25, 0.3) is 0 Å². The minimum Gasteiger partial charge on any atom is -0.288 e. The molecule has 3 nitrogen and oxygen atoms in total. The van der Waals surface area contributed by atoms with Crippen LogP contribution in [0, 0.1) is 0 Å². The molecule has 1 aromatic rings. The van der Waals surface area contributed by atoms with Gasteiger partial charge in [-0.05, 0) is 11.6 Å². The maximum absolute atomic E-state index is 13.4. The van der Waals surface area contributed by atoms with Crippen molar-refractivity contribution in [2.45, 2.75) is 12.3 Å². The Morgan fingerprint density at radius 1 is 1.33 bits per heavy atom. The van der Waals surface area contributed by atoms with Crippen LogP contribution in [0.15, 0.2) is 36.6 Å². The van der Waals surface area contributed by atoms with Crippen molar-refractivity contribution in [1.29, 1.82) is 0 Å². The van der Waals surface area contributed by atoms with Crippen molar-refractivity contribution in [3.8, 4) is 0 Å². The van der Waals surface area contributed by atoms with Crippen LogP contribution in [0.2, 0.25) is 0 Å². The number of carbonyl (C=O) groups excluding carboxylic acids is 2. The number of benzene rings is 1. The maximum atomic E-state index is 13.4. The lowest BCUT2D eigenvalue weighted by molar-refractivity contribution is 0.0558. The highest BCUT2D eigenvalue weighted by Gasteiger charge is 2.33. The summed E-state index contributed by atoms with van der Waals surface area (Å²) in [6, 6.07) is 4.31. The highest BCUT2D eigenvalue weighted by Crippen LogP contribution is 2.27. The normalized spacial score (nSPS) is 13.9. The summed E-state index contributed by atoms with van der Waals surface area (Å²) in [4.78, 5) is 22.9. The summed E-state index contributed by atoms with van der Waals surface area (Å²) in [5.74, 6) is -4.34. The molecule has 18 heavy (non-hydrogen) atoms. The van der Waals surface area contributed by atoms with Crippen LogP contribution < -0.4 is 5.32 Å². The molecule has 1 aliphatic rings. The van der Waals surface area contributed by atoms with Gasteiger partial charge in [0.1, 0.15) is 0 Å². The van der Waals surface area contributed by atoms with Crippen LogP contribution in [-0.2, 0) is 6.42 Å². The van der Waals surface area contributed by atoms with Gasteiger partial charge in [-0.1, -0.05) is 18.7 Å². The van der Waals surface area contributed by atoms with Crippen molar-refractivity contribution < 1.29 is 18.4 Å². The first-order valence-electron chi connectivity index (χ1n) is 5.17. The van der Waals surface area contributed by atoms with E-state index in [1.54, 1.807) is 0 Å². The van der Waals surface area contributed by atoms with Gasteiger partial charge < -0.3 is 0 Å². The molecule has 2 rings (SSSR count). The molecule has 0 aromatic heterocycles. The fraction of sp³-hybridized carbons (Fsp3) is 0.154. The van der Waals surface area contributed by atoms with Crippen LogP contribution >= 0.6 is 0 Å². The first-order chi connectivity index (χ1) is 8.44. The third-order valence-electron chi connectivity index (χ3n) is 2.59. The zero-order chi connectivity index (χ0) is 13.3. The van der Waals surface area contributed by atoms with Crippen LogP contribution in [0.1, 0.15) is 26.3 Å². The number of hydrogen-bond donors (Lipinski definition) is 1. The Bertz CT molecular complexity index is 587. The number of amides is 2. The Balaban J connectivity index is 2.46. The Kier molecular flexibility index (Phi) is 2.85. The van der Waals surface area contributed by atoms with E-state index in [9.17, 15) is 18.4 Å². The van der Waals surface area contributed by atoms with Crippen molar-refractivity contribution in [2.24, 2.45) is 0 Å². The van der Waals surface area contributed by atoms with Crippen LogP contribution in [0.4, 0.5) is 8.78 Å². The predicted molar refractivity (Wildman–Crippen MR) is 60.6 cm³/mol. The standard InChI is InChI=1S/C13H9F2NO2/c1-2-6-13(14,15)7-8-4-3-5-9-10(8)12(18)16-11(9)17/h3-6H,1,7H2,(H,16,17,18). The van der Waals surface area contributed by atoms with Crippen molar-refractivity contribution in [3.05, 3.63) is 53.3 Å². The zero-order valence-electron chi connectivity index (χ0n) is 9.30. The van der Waals surface area contributed by atoms with Crippen molar-refractivity contribution in [2.75, 3.05) is 0 Å². The van der Waals surface area contributed by atoms with E-state index in [2.05, 4.69) is 11.9 Å². The van der Waals surface area contributed by atoms with Crippen molar-refractivity contribution in [3.63, 3.8) is 0 Å². The van der Waals surface area contributed by atoms with Crippen molar-refractivity contribution >= 4 is 11.8 Å². The molecule has 0 fully saturated rings. The van der Waals surface area contributed by atoms with Crippen LogP contribution in [-0.4, -0.2) is 17.7 Å². The second-order valence-electron chi connectivity index (χ2n) is 3.91. The SMILES string of the molecule is C=C=CC(F)(F)Cc1cccc2c1C(=O)NC2=O. The quantitative estimate of drug-likeness (QED) is 0.658. The van der Waals surface area contributed by atoms with Gasteiger partial charge in [0.2, 0.25) is 0 Å². The monoisotopic (exact) mass is 249 g/mol. The van der Waals surface area contributed by atoms with Gasteiger partial charge >= 0.3 is 0 Å². The zero-order valence-corrected chi connectivity index (χ0v) is 9.30. The smallest absolute Gasteiger partial charge is 0.277 e. The van der Waals surface area contributed by atoms with E-state index >= 15 is 0 Å². The summed E-state index contributed by atoms with van der Waals surface area (Å²) in [7, 11) is 0. The molecule has 1 aromatic carbocycles. The summed E-state index contributed by atoms with van der Waals surface area (Å²) in [5.41, 5.74) is 2.32. The lowest BCUT2D eigenvalue weighted by atomic mass is 9.97. The molecule has 0 spiro atoms. The molecule has 1 N–H and O–H groups in total. The van der Waals surface area contributed by atoms with Gasteiger partial charge in [-0.2, -0.15) is 0 Å². The number of halogens is 2. The van der Waals surface area contributed by atoms with E-state index in [-0.39, 0.29) is 16.7 Å². The molecule has 1 heterocycles. The molecule has 0 saturated carbocycles. The molecule has 92 valence electrons. The third kappa shape index (κ3) is 2.08. The number of rotatable bonds is 3. The Morgan fingerprint density at radius 3 is 2.72 bits per heavy atom. The second kappa shape index (κ2) is 4.20. The first-order valence-corrected chi connectivity index (χ1v) is 5.17. The van der Waals surface area contributed by atoms with E-state index in [0.29, 0.717) is 6.08 Å². The van der Waals surface area contributed by atoms with E-state index in [1.165, 1.54) is 18.2 Å². The third-order valence-corrected chi connectivity index (χ3v) is 2.59. The lowest BCUT2D eigenvalue weighted by Crippen LogP contribution is -2.21. The highest BCUT2D eigenvalue weighted by molar-refractivity contribution is 6.22. The average Bonchev–Trinajstić information content (AvgIpc) is 2.55. The predicted octanol–water partition coefficient (Wildman–Crippen LogP) is 2.09. The van der Waals surface area contributed by atoms with Gasteiger partial charge in [-0.3, -0.25) is 14.9 Å². The fourth-order valence-electron chi connectivity index (χ4n) is 1.89. The molecular formula is C13H9F2NO2. The molecule has 5 heteroatoms. The molecule has 1 aliphatic heterocycles. The van der Waals surface area contributed by atoms with Crippen molar-refractivity contribution in [1.82, 2.24) is 5.32 Å². The summed E-state index contributed by atoms with van der Waals surface area (Å²) < 4.78 is 26.9. The van der Waals surface area contributed by atoms with Gasteiger partial charge in [0.25, 0.3) is 17.7 Å². The summed E-state index contributed by atoms with van der Waals surface area (Å²) in [5, 5.41) is 2.08. The average molecular weight is 249 g/mol. The topological polar surface area (TPSA) is 46.2 Å². The van der Waals surface area contributed by atoms with Gasteiger partial charge in [0, 0.05) is 12.5 Å². The Morgan fingerprint density at radius 2 is 2.06 bits per heavy atom. The van der Waals surface area contributed by atoms with Gasteiger partial charge in [0.05, 0.1) is 11.1 Å². The number of alkyl halides is 2. The molecule has 0 atom stereocenters. The second-order valence-corrected chi connectivity index (χ2v) is 3.91. The van der Waals surface area contributed by atoms with E-state index in [1.807, 2.05) is 5.73 Å². The molecule has 2 amide bonds. The molecule has 0 unspecified atom stereocenters. The van der Waals surface area contributed by atoms with Gasteiger partial charge in [-0.25, -0.2) is 8.78 Å². The summed E-state index contributed by atoms with van der Waals surface area (Å²) in [6.45, 7) is 3.09. The van der Waals surface area contributed by atoms with E-state index < -0.39 is 24.2 Å². The number of fused-ring (bicyclic) bond motifs is 1. The molecule has 0 radical (unpaired) electrons. The number of hydrogen-bond acceptors (Lipinski definition) is 2. The molecule has 0 saturated heterocycles. The summed E-state index contributed by atoms with van der Waals surface area (Å²) >= 11 is 0. The minimum atomic E-state index is -3.15. The van der Waals surface area contributed by atoms with Gasteiger partial charge in [0.15, 0.2) is 0 Å². The minimum absolute atomic E-state index is 0.0274. The van der Waals surface area contributed by atoms with Gasteiger partial charge in [-0.15, -0.1) is 5.73 Å². The number of allylic oxidation sites excluding steroid dienone is 1. The number of imide groups is 1. The first kappa shape index (κ1) is 12.2. The molecular weight excluding hydrogens is 240 g/mol. The number of nitrogens with one attached hydrogen (secondary N) is 1. The summed E-state index contributed by atoms with van der Waals surface area (Å²) in [6.07, 6.45) is -0.125. The molecule has 0 aliphatic carbocycles. The molecule has 0 bridgehead atoms. The van der Waals surface area contributed by atoms with E-state index in [4.69, 9.17) is 0 Å². The lowest BCUT2D eigenvalue weighted by Gasteiger charge is -2.12. The maximum Gasteiger partial charge on any atom is 0.277 e. The van der Waals surface area contributed by atoms with Crippen LogP contribution in [0.5, 0.6) is 0 Å². The van der Waals surface area contributed by atoms with Crippen LogP contribution in [0.3, 0.4) is 0 Å².